The highest BCUT2D eigenvalue weighted by molar-refractivity contribution is 7.91. The standard InChI is InChI=1S/C25H25FN2O4S/c1-17(2)28-25(30)23-15-22(11-12-24(23)26)33(31,32)21-9-6-18(7-10-21)14-20(29)8-5-19-4-3-13-27-16-19/h3-4,6-7,9-13,15-17H,5,8,14H2,1-2H3,(H,28,30). The van der Waals surface area contributed by atoms with E-state index in [1.807, 2.05) is 12.1 Å². The average molecular weight is 469 g/mol. The van der Waals surface area contributed by atoms with E-state index in [9.17, 15) is 22.4 Å². The first-order valence-corrected chi connectivity index (χ1v) is 12.0. The van der Waals surface area contributed by atoms with Gasteiger partial charge >= 0.3 is 0 Å². The zero-order valence-electron chi connectivity index (χ0n) is 18.4. The molecule has 1 heterocycles. The number of nitrogens with one attached hydrogen (secondary N) is 1. The van der Waals surface area contributed by atoms with Crippen molar-refractivity contribution in [3.63, 3.8) is 0 Å². The van der Waals surface area contributed by atoms with Crippen molar-refractivity contribution in [2.24, 2.45) is 0 Å². The number of Topliss-reactive ketones (excluding diaryl/α,β-unsaturated/α-hetero) is 1. The SMILES string of the molecule is CC(C)NC(=O)c1cc(S(=O)(=O)c2ccc(CC(=O)CCc3cccnc3)cc2)ccc1F. The molecular formula is C25H25FN2O4S. The van der Waals surface area contributed by atoms with Crippen molar-refractivity contribution in [3.8, 4) is 0 Å². The molecule has 0 unspecified atom stereocenters. The number of rotatable bonds is 9. The number of ketones is 1. The van der Waals surface area contributed by atoms with Gasteiger partial charge in [0.2, 0.25) is 9.84 Å². The molecule has 3 aromatic rings. The van der Waals surface area contributed by atoms with Gasteiger partial charge in [0.15, 0.2) is 0 Å². The molecule has 0 spiro atoms. The predicted molar refractivity (Wildman–Crippen MR) is 122 cm³/mol. The molecule has 0 aliphatic carbocycles. The number of hydrogen-bond acceptors (Lipinski definition) is 5. The number of carbonyl (C=O) groups excluding carboxylic acids is 2. The Morgan fingerprint density at radius 3 is 2.33 bits per heavy atom. The van der Waals surface area contributed by atoms with Crippen LogP contribution in [0.1, 0.15) is 41.8 Å². The first-order valence-electron chi connectivity index (χ1n) is 10.5. The van der Waals surface area contributed by atoms with Crippen molar-refractivity contribution in [2.45, 2.75) is 48.9 Å². The van der Waals surface area contributed by atoms with E-state index in [2.05, 4.69) is 10.3 Å². The molecular weight excluding hydrogens is 443 g/mol. The Morgan fingerprint density at radius 1 is 1.00 bits per heavy atom. The lowest BCUT2D eigenvalue weighted by Gasteiger charge is -2.11. The van der Waals surface area contributed by atoms with Crippen LogP contribution in [-0.2, 0) is 27.5 Å². The minimum Gasteiger partial charge on any atom is -0.350 e. The second-order valence-corrected chi connectivity index (χ2v) is 9.94. The van der Waals surface area contributed by atoms with Gasteiger partial charge in [-0.3, -0.25) is 14.6 Å². The molecule has 2 aromatic carbocycles. The third-order valence-electron chi connectivity index (χ3n) is 4.96. The minimum atomic E-state index is -3.97. The summed E-state index contributed by atoms with van der Waals surface area (Å²) in [4.78, 5) is 28.3. The summed E-state index contributed by atoms with van der Waals surface area (Å²) in [6.45, 7) is 3.45. The molecule has 6 nitrogen and oxygen atoms in total. The summed E-state index contributed by atoms with van der Waals surface area (Å²) in [7, 11) is -3.97. The molecule has 3 rings (SSSR count). The molecule has 0 saturated heterocycles. The van der Waals surface area contributed by atoms with E-state index in [1.165, 1.54) is 12.1 Å². The maximum Gasteiger partial charge on any atom is 0.254 e. The van der Waals surface area contributed by atoms with Crippen molar-refractivity contribution in [3.05, 3.63) is 89.5 Å². The Balaban J connectivity index is 1.72. The van der Waals surface area contributed by atoms with E-state index in [-0.39, 0.29) is 33.6 Å². The second kappa shape index (κ2) is 10.5. The minimum absolute atomic E-state index is 0.00381. The van der Waals surface area contributed by atoms with Gasteiger partial charge < -0.3 is 5.32 Å². The molecule has 1 aromatic heterocycles. The van der Waals surface area contributed by atoms with E-state index in [0.29, 0.717) is 18.4 Å². The lowest BCUT2D eigenvalue weighted by atomic mass is 10.0. The molecule has 33 heavy (non-hydrogen) atoms. The maximum absolute atomic E-state index is 14.1. The number of halogens is 1. The van der Waals surface area contributed by atoms with E-state index in [4.69, 9.17) is 0 Å². The quantitative estimate of drug-likeness (QED) is 0.480. The fourth-order valence-electron chi connectivity index (χ4n) is 3.25. The normalized spacial score (nSPS) is 11.4. The molecule has 172 valence electrons. The fraction of sp³-hybridized carbons (Fsp3) is 0.240. The van der Waals surface area contributed by atoms with Crippen molar-refractivity contribution in [1.82, 2.24) is 10.3 Å². The molecule has 1 N–H and O–H groups in total. The number of benzene rings is 2. The first kappa shape index (κ1) is 24.3. The predicted octanol–water partition coefficient (Wildman–Crippen LogP) is 3.94. The highest BCUT2D eigenvalue weighted by Gasteiger charge is 2.22. The summed E-state index contributed by atoms with van der Waals surface area (Å²) < 4.78 is 40.1. The molecule has 0 radical (unpaired) electrons. The van der Waals surface area contributed by atoms with E-state index in [0.717, 1.165) is 23.8 Å². The van der Waals surface area contributed by atoms with Gasteiger partial charge in [0, 0.05) is 31.3 Å². The number of amides is 1. The van der Waals surface area contributed by atoms with Gasteiger partial charge in [-0.15, -0.1) is 0 Å². The number of carbonyl (C=O) groups is 2. The van der Waals surface area contributed by atoms with Crippen LogP contribution in [0.5, 0.6) is 0 Å². The molecule has 8 heteroatoms. The fourth-order valence-corrected chi connectivity index (χ4v) is 4.54. The number of sulfone groups is 1. The zero-order valence-corrected chi connectivity index (χ0v) is 19.2. The summed E-state index contributed by atoms with van der Waals surface area (Å²) in [6.07, 6.45) is 4.55. The van der Waals surface area contributed by atoms with Gasteiger partial charge in [-0.05, 0) is 67.8 Å². The van der Waals surface area contributed by atoms with Gasteiger partial charge in [-0.25, -0.2) is 12.8 Å². The first-order chi connectivity index (χ1) is 15.7. The third kappa shape index (κ3) is 6.32. The Kier molecular flexibility index (Phi) is 7.71. The van der Waals surface area contributed by atoms with Crippen LogP contribution in [-0.4, -0.2) is 31.1 Å². The van der Waals surface area contributed by atoms with Crippen molar-refractivity contribution in [1.29, 1.82) is 0 Å². The smallest absolute Gasteiger partial charge is 0.254 e. The summed E-state index contributed by atoms with van der Waals surface area (Å²) in [5.41, 5.74) is 1.34. The molecule has 0 aliphatic heterocycles. The number of hydrogen-bond donors (Lipinski definition) is 1. The van der Waals surface area contributed by atoms with Crippen LogP contribution in [0, 0.1) is 5.82 Å². The molecule has 0 atom stereocenters. The Hall–Kier alpha value is -3.39. The topological polar surface area (TPSA) is 93.2 Å². The summed E-state index contributed by atoms with van der Waals surface area (Å²) in [5.74, 6) is -1.44. The molecule has 0 saturated carbocycles. The molecule has 0 fully saturated rings. The molecule has 1 amide bonds. The molecule has 0 bridgehead atoms. The summed E-state index contributed by atoms with van der Waals surface area (Å²) in [5, 5.41) is 2.56. The lowest BCUT2D eigenvalue weighted by molar-refractivity contribution is -0.118. The van der Waals surface area contributed by atoms with Gasteiger partial charge in [0.05, 0.1) is 15.4 Å². The highest BCUT2D eigenvalue weighted by Crippen LogP contribution is 2.24. The second-order valence-electron chi connectivity index (χ2n) is 7.99. The third-order valence-corrected chi connectivity index (χ3v) is 6.73. The van der Waals surface area contributed by atoms with Crippen LogP contribution in [0.25, 0.3) is 0 Å². The number of aryl methyl sites for hydroxylation is 1. The van der Waals surface area contributed by atoms with E-state index >= 15 is 0 Å². The van der Waals surface area contributed by atoms with Gasteiger partial charge in [-0.1, -0.05) is 18.2 Å². The van der Waals surface area contributed by atoms with Crippen LogP contribution >= 0.6 is 0 Å². The van der Waals surface area contributed by atoms with Crippen LogP contribution < -0.4 is 5.32 Å². The summed E-state index contributed by atoms with van der Waals surface area (Å²) >= 11 is 0. The maximum atomic E-state index is 14.1. The van der Waals surface area contributed by atoms with Gasteiger partial charge in [0.25, 0.3) is 5.91 Å². The Labute approximate surface area is 192 Å². The number of nitrogens with zero attached hydrogens (tertiary/aromatic N) is 1. The van der Waals surface area contributed by atoms with Crippen LogP contribution in [0.3, 0.4) is 0 Å². The van der Waals surface area contributed by atoms with Crippen molar-refractivity contribution >= 4 is 21.5 Å². The van der Waals surface area contributed by atoms with Crippen molar-refractivity contribution in [2.75, 3.05) is 0 Å². The lowest BCUT2D eigenvalue weighted by Crippen LogP contribution is -2.30. The molecule has 0 aliphatic rings. The van der Waals surface area contributed by atoms with Crippen LogP contribution in [0.2, 0.25) is 0 Å². The largest absolute Gasteiger partial charge is 0.350 e. The van der Waals surface area contributed by atoms with E-state index in [1.54, 1.807) is 38.4 Å². The van der Waals surface area contributed by atoms with Crippen molar-refractivity contribution < 1.29 is 22.4 Å². The van der Waals surface area contributed by atoms with Crippen LogP contribution in [0.15, 0.2) is 76.8 Å². The number of pyridine rings is 1. The average Bonchev–Trinajstić information content (AvgIpc) is 2.78. The monoisotopic (exact) mass is 468 g/mol. The Morgan fingerprint density at radius 2 is 1.70 bits per heavy atom. The van der Waals surface area contributed by atoms with Gasteiger partial charge in [-0.2, -0.15) is 0 Å². The van der Waals surface area contributed by atoms with Gasteiger partial charge in [0.1, 0.15) is 11.6 Å². The highest BCUT2D eigenvalue weighted by atomic mass is 32.2. The zero-order chi connectivity index (χ0) is 24.0. The number of aromatic nitrogens is 1. The summed E-state index contributed by atoms with van der Waals surface area (Å²) in [6, 6.07) is 12.6. The van der Waals surface area contributed by atoms with Crippen LogP contribution in [0.4, 0.5) is 4.39 Å². The Bertz CT molecular complexity index is 1240. The van der Waals surface area contributed by atoms with E-state index < -0.39 is 21.6 Å².